The number of amides is 1. The molecule has 0 bridgehead atoms. The predicted molar refractivity (Wildman–Crippen MR) is 104 cm³/mol. The molecule has 0 radical (unpaired) electrons. The van der Waals surface area contributed by atoms with Gasteiger partial charge in [-0.05, 0) is 42.0 Å². The van der Waals surface area contributed by atoms with E-state index in [1.165, 1.54) is 25.1 Å². The van der Waals surface area contributed by atoms with Crippen molar-refractivity contribution in [2.24, 2.45) is 0 Å². The Bertz CT molecular complexity index is 1090. The average molecular weight is 405 g/mol. The van der Waals surface area contributed by atoms with E-state index in [1.807, 2.05) is 41.2 Å². The molecule has 6 nitrogen and oxygen atoms in total. The fraction of sp³-hybridized carbons (Fsp3) is 0.105. The van der Waals surface area contributed by atoms with E-state index in [-0.39, 0.29) is 9.92 Å². The molecule has 0 aliphatic carbocycles. The molecule has 0 heterocycles. The molecule has 0 aromatic heterocycles. The third-order valence-electron chi connectivity index (χ3n) is 3.84. The molecule has 0 aliphatic rings. The Morgan fingerprint density at radius 2 is 1.67 bits per heavy atom. The number of hydrogen-bond acceptors (Lipinski definition) is 4. The summed E-state index contributed by atoms with van der Waals surface area (Å²) in [5.41, 5.74) is 2.15. The molecule has 0 unspecified atom stereocenters. The highest BCUT2D eigenvalue weighted by atomic mass is 35.5. The monoisotopic (exact) mass is 404 g/mol. The number of hydrazine groups is 1. The molecule has 0 saturated heterocycles. The smallest absolute Gasteiger partial charge is 0.275 e. The van der Waals surface area contributed by atoms with Gasteiger partial charge in [-0.25, -0.2) is 8.42 Å². The Kier molecular flexibility index (Phi) is 5.65. The second-order valence-electron chi connectivity index (χ2n) is 5.79. The van der Waals surface area contributed by atoms with Crippen molar-refractivity contribution in [2.45, 2.75) is 17.9 Å². The Morgan fingerprint density at radius 1 is 1.00 bits per heavy atom. The number of ether oxygens (including phenoxy) is 1. The van der Waals surface area contributed by atoms with Gasteiger partial charge in [-0.2, -0.15) is 0 Å². The van der Waals surface area contributed by atoms with Gasteiger partial charge in [0.05, 0.1) is 5.02 Å². The summed E-state index contributed by atoms with van der Waals surface area (Å²) in [7, 11) is -3.99. The van der Waals surface area contributed by atoms with Gasteiger partial charge in [-0.15, -0.1) is 4.83 Å². The SMILES string of the molecule is C[C@@H](Oc1ccc2ccccc2c1)C(=O)NNS(=O)(=O)c1ccccc1Cl. The van der Waals surface area contributed by atoms with Gasteiger partial charge >= 0.3 is 0 Å². The highest BCUT2D eigenvalue weighted by Crippen LogP contribution is 2.22. The minimum atomic E-state index is -3.99. The number of carbonyl (C=O) groups excluding carboxylic acids is 1. The summed E-state index contributed by atoms with van der Waals surface area (Å²) in [6, 6.07) is 19.1. The molecule has 2 N–H and O–H groups in total. The number of rotatable bonds is 6. The number of halogens is 1. The van der Waals surface area contributed by atoms with E-state index in [0.29, 0.717) is 5.75 Å². The molecule has 0 aliphatic heterocycles. The van der Waals surface area contributed by atoms with E-state index in [0.717, 1.165) is 10.8 Å². The molecular weight excluding hydrogens is 388 g/mol. The first kappa shape index (κ1) is 19.2. The maximum absolute atomic E-state index is 12.2. The quantitative estimate of drug-likeness (QED) is 0.617. The van der Waals surface area contributed by atoms with Crippen molar-refractivity contribution in [1.82, 2.24) is 10.3 Å². The standard InChI is InChI=1S/C19H17ClN2O4S/c1-13(26-16-11-10-14-6-2-3-7-15(14)12-16)19(23)21-22-27(24,25)18-9-5-4-8-17(18)20/h2-13,22H,1H3,(H,21,23)/t13-/m1/s1. The lowest BCUT2D eigenvalue weighted by atomic mass is 10.1. The first-order chi connectivity index (χ1) is 12.9. The lowest BCUT2D eigenvalue weighted by Gasteiger charge is -2.16. The summed E-state index contributed by atoms with van der Waals surface area (Å²) < 4.78 is 30.1. The zero-order valence-corrected chi connectivity index (χ0v) is 15.9. The summed E-state index contributed by atoms with van der Waals surface area (Å²) >= 11 is 5.89. The predicted octanol–water partition coefficient (Wildman–Crippen LogP) is 3.27. The zero-order valence-electron chi connectivity index (χ0n) is 14.3. The molecule has 3 aromatic rings. The molecule has 0 fully saturated rings. The summed E-state index contributed by atoms with van der Waals surface area (Å²) in [5, 5.41) is 2.08. The summed E-state index contributed by atoms with van der Waals surface area (Å²) in [5.74, 6) is -0.135. The van der Waals surface area contributed by atoms with Gasteiger partial charge in [-0.1, -0.05) is 54.1 Å². The average Bonchev–Trinajstić information content (AvgIpc) is 2.66. The zero-order chi connectivity index (χ0) is 19.4. The number of nitrogens with one attached hydrogen (secondary N) is 2. The first-order valence-corrected chi connectivity index (χ1v) is 9.94. The van der Waals surface area contributed by atoms with Gasteiger partial charge in [-0.3, -0.25) is 10.2 Å². The third-order valence-corrected chi connectivity index (χ3v) is 5.59. The van der Waals surface area contributed by atoms with Gasteiger partial charge in [0, 0.05) is 0 Å². The second-order valence-corrected chi connectivity index (χ2v) is 7.85. The van der Waals surface area contributed by atoms with Crippen LogP contribution >= 0.6 is 11.6 Å². The normalized spacial score (nSPS) is 12.5. The summed E-state index contributed by atoms with van der Waals surface area (Å²) in [4.78, 5) is 14.1. The number of fused-ring (bicyclic) bond motifs is 1. The molecule has 140 valence electrons. The van der Waals surface area contributed by atoms with Crippen LogP contribution in [0.1, 0.15) is 6.92 Å². The maximum atomic E-state index is 12.2. The van der Waals surface area contributed by atoms with Crippen molar-refractivity contribution < 1.29 is 17.9 Å². The highest BCUT2D eigenvalue weighted by Gasteiger charge is 2.21. The Morgan fingerprint density at radius 3 is 2.41 bits per heavy atom. The Labute approximate surface area is 162 Å². The first-order valence-electron chi connectivity index (χ1n) is 8.08. The van der Waals surface area contributed by atoms with E-state index in [4.69, 9.17) is 16.3 Å². The maximum Gasteiger partial charge on any atom is 0.275 e. The Balaban J connectivity index is 1.64. The van der Waals surface area contributed by atoms with Gasteiger partial charge in [0.1, 0.15) is 10.6 Å². The number of sulfonamides is 1. The van der Waals surface area contributed by atoms with Gasteiger partial charge in [0.2, 0.25) is 0 Å². The van der Waals surface area contributed by atoms with E-state index < -0.39 is 22.0 Å². The van der Waals surface area contributed by atoms with Crippen molar-refractivity contribution in [1.29, 1.82) is 0 Å². The number of hydrogen-bond donors (Lipinski definition) is 2. The van der Waals surface area contributed by atoms with Crippen LogP contribution in [-0.4, -0.2) is 20.4 Å². The van der Waals surface area contributed by atoms with Crippen LogP contribution < -0.4 is 15.0 Å². The molecule has 3 rings (SSSR count). The van der Waals surface area contributed by atoms with Crippen molar-refractivity contribution in [2.75, 3.05) is 0 Å². The van der Waals surface area contributed by atoms with Crippen LogP contribution in [0.4, 0.5) is 0 Å². The van der Waals surface area contributed by atoms with E-state index >= 15 is 0 Å². The van der Waals surface area contributed by atoms with E-state index in [9.17, 15) is 13.2 Å². The molecule has 3 aromatic carbocycles. The van der Waals surface area contributed by atoms with E-state index in [1.54, 1.807) is 12.1 Å². The molecule has 0 saturated carbocycles. The van der Waals surface area contributed by atoms with Crippen molar-refractivity contribution in [3.63, 3.8) is 0 Å². The van der Waals surface area contributed by atoms with E-state index in [2.05, 4.69) is 5.43 Å². The lowest BCUT2D eigenvalue weighted by Crippen LogP contribution is -2.47. The van der Waals surface area contributed by atoms with Gasteiger partial charge in [0.15, 0.2) is 6.10 Å². The summed E-state index contributed by atoms with van der Waals surface area (Å²) in [6.07, 6.45) is -0.917. The largest absolute Gasteiger partial charge is 0.481 e. The lowest BCUT2D eigenvalue weighted by molar-refractivity contribution is -0.127. The van der Waals surface area contributed by atoms with Crippen LogP contribution in [0.2, 0.25) is 5.02 Å². The van der Waals surface area contributed by atoms with Gasteiger partial charge < -0.3 is 4.74 Å². The number of benzene rings is 3. The van der Waals surface area contributed by atoms with Crippen LogP contribution in [0.3, 0.4) is 0 Å². The van der Waals surface area contributed by atoms with Crippen LogP contribution in [-0.2, 0) is 14.8 Å². The highest BCUT2D eigenvalue weighted by molar-refractivity contribution is 7.89. The molecule has 0 spiro atoms. The molecular formula is C19H17ClN2O4S. The van der Waals surface area contributed by atoms with Crippen LogP contribution in [0, 0.1) is 0 Å². The molecule has 1 atom stereocenters. The van der Waals surface area contributed by atoms with Crippen LogP contribution in [0.5, 0.6) is 5.75 Å². The second kappa shape index (κ2) is 7.96. The molecule has 8 heteroatoms. The fourth-order valence-corrected chi connectivity index (χ4v) is 3.80. The minimum Gasteiger partial charge on any atom is -0.481 e. The van der Waals surface area contributed by atoms with Gasteiger partial charge in [0.25, 0.3) is 15.9 Å². The summed E-state index contributed by atoms with van der Waals surface area (Å²) in [6.45, 7) is 1.52. The van der Waals surface area contributed by atoms with Crippen molar-refractivity contribution >= 4 is 38.3 Å². The Hall–Kier alpha value is -2.61. The van der Waals surface area contributed by atoms with Crippen LogP contribution in [0.15, 0.2) is 71.6 Å². The fourth-order valence-electron chi connectivity index (χ4n) is 2.44. The minimum absolute atomic E-state index is 0.0553. The third kappa shape index (κ3) is 4.57. The van der Waals surface area contributed by atoms with Crippen molar-refractivity contribution in [3.05, 3.63) is 71.8 Å². The molecule has 27 heavy (non-hydrogen) atoms. The topological polar surface area (TPSA) is 84.5 Å². The molecule has 1 amide bonds. The van der Waals surface area contributed by atoms with Crippen molar-refractivity contribution in [3.8, 4) is 5.75 Å². The number of carbonyl (C=O) groups is 1. The van der Waals surface area contributed by atoms with Crippen LogP contribution in [0.25, 0.3) is 10.8 Å².